The van der Waals surface area contributed by atoms with Crippen LogP contribution in [0.3, 0.4) is 0 Å². The molecule has 2 N–H and O–H groups in total. The SMILES string of the molecule is Cc1cc(Cl)c2nc(Cl)c(N)cc2c1. The van der Waals surface area contributed by atoms with E-state index in [-0.39, 0.29) is 0 Å². The summed E-state index contributed by atoms with van der Waals surface area (Å²) in [5.41, 5.74) is 7.89. The average Bonchev–Trinajstić information content (AvgIpc) is 2.08. The number of halogens is 2. The molecule has 0 radical (unpaired) electrons. The van der Waals surface area contributed by atoms with Crippen LogP contribution in [-0.4, -0.2) is 4.98 Å². The Kier molecular flexibility index (Phi) is 2.25. The largest absolute Gasteiger partial charge is 0.396 e. The minimum absolute atomic E-state index is 0.295. The van der Waals surface area contributed by atoms with Crippen LogP contribution in [0.2, 0.25) is 10.2 Å². The van der Waals surface area contributed by atoms with Crippen molar-refractivity contribution in [2.45, 2.75) is 6.92 Å². The topological polar surface area (TPSA) is 38.9 Å². The van der Waals surface area contributed by atoms with Crippen molar-refractivity contribution < 1.29 is 0 Å². The molecule has 0 saturated heterocycles. The van der Waals surface area contributed by atoms with Crippen molar-refractivity contribution in [3.8, 4) is 0 Å². The molecule has 14 heavy (non-hydrogen) atoms. The Labute approximate surface area is 91.6 Å². The van der Waals surface area contributed by atoms with E-state index in [0.29, 0.717) is 21.4 Å². The predicted octanol–water partition coefficient (Wildman–Crippen LogP) is 3.43. The number of nitrogen functional groups attached to an aromatic ring is 1. The van der Waals surface area contributed by atoms with Crippen LogP contribution in [0.15, 0.2) is 18.2 Å². The zero-order valence-corrected chi connectivity index (χ0v) is 9.02. The number of hydrogen-bond acceptors (Lipinski definition) is 2. The number of hydrogen-bond donors (Lipinski definition) is 1. The summed E-state index contributed by atoms with van der Waals surface area (Å²) in [6.07, 6.45) is 0. The third-order valence-electron chi connectivity index (χ3n) is 2.00. The Bertz CT molecular complexity index is 509. The van der Waals surface area contributed by atoms with E-state index < -0.39 is 0 Å². The molecule has 0 unspecified atom stereocenters. The van der Waals surface area contributed by atoms with E-state index in [4.69, 9.17) is 28.9 Å². The number of nitrogens with two attached hydrogens (primary N) is 1. The molecule has 0 bridgehead atoms. The number of pyridine rings is 1. The Morgan fingerprint density at radius 2 is 1.93 bits per heavy atom. The van der Waals surface area contributed by atoms with E-state index in [1.807, 2.05) is 19.1 Å². The van der Waals surface area contributed by atoms with Crippen LogP contribution >= 0.6 is 23.2 Å². The molecule has 1 aromatic carbocycles. The van der Waals surface area contributed by atoms with Crippen LogP contribution in [0.1, 0.15) is 5.56 Å². The Morgan fingerprint density at radius 3 is 2.64 bits per heavy atom. The molecule has 2 nitrogen and oxygen atoms in total. The highest BCUT2D eigenvalue weighted by atomic mass is 35.5. The molecular weight excluding hydrogens is 219 g/mol. The maximum atomic E-state index is 6.02. The van der Waals surface area contributed by atoms with Crippen molar-refractivity contribution in [2.24, 2.45) is 0 Å². The molecule has 0 aliphatic carbocycles. The molecular formula is C10H8Cl2N2. The summed E-state index contributed by atoms with van der Waals surface area (Å²) in [6, 6.07) is 5.61. The van der Waals surface area contributed by atoms with Gasteiger partial charge < -0.3 is 5.73 Å². The summed E-state index contributed by atoms with van der Waals surface area (Å²) < 4.78 is 0. The fourth-order valence-electron chi connectivity index (χ4n) is 1.38. The first-order chi connectivity index (χ1) is 6.58. The molecule has 2 rings (SSSR count). The van der Waals surface area contributed by atoms with E-state index in [9.17, 15) is 0 Å². The van der Waals surface area contributed by atoms with E-state index in [1.165, 1.54) is 0 Å². The lowest BCUT2D eigenvalue weighted by Crippen LogP contribution is -1.91. The third kappa shape index (κ3) is 1.51. The van der Waals surface area contributed by atoms with Gasteiger partial charge in [0.25, 0.3) is 0 Å². The van der Waals surface area contributed by atoms with Gasteiger partial charge in [-0.3, -0.25) is 0 Å². The number of fused-ring (bicyclic) bond motifs is 1. The van der Waals surface area contributed by atoms with Crippen molar-refractivity contribution in [3.05, 3.63) is 33.9 Å². The van der Waals surface area contributed by atoms with Crippen molar-refractivity contribution >= 4 is 39.8 Å². The van der Waals surface area contributed by atoms with Gasteiger partial charge in [0.15, 0.2) is 5.15 Å². The predicted molar refractivity (Wildman–Crippen MR) is 60.9 cm³/mol. The van der Waals surface area contributed by atoms with Crippen molar-refractivity contribution in [1.29, 1.82) is 0 Å². The Morgan fingerprint density at radius 1 is 1.21 bits per heavy atom. The van der Waals surface area contributed by atoms with Gasteiger partial charge in [-0.1, -0.05) is 23.2 Å². The van der Waals surface area contributed by atoms with Crippen LogP contribution in [0.25, 0.3) is 10.9 Å². The molecule has 0 aliphatic heterocycles. The van der Waals surface area contributed by atoms with E-state index in [2.05, 4.69) is 4.98 Å². The normalized spacial score (nSPS) is 10.8. The molecule has 0 saturated carbocycles. The van der Waals surface area contributed by atoms with Crippen LogP contribution in [-0.2, 0) is 0 Å². The Balaban J connectivity index is 2.89. The van der Waals surface area contributed by atoms with Crippen LogP contribution in [0.4, 0.5) is 5.69 Å². The zero-order chi connectivity index (χ0) is 10.3. The first-order valence-electron chi connectivity index (χ1n) is 4.10. The lowest BCUT2D eigenvalue weighted by Gasteiger charge is -2.04. The van der Waals surface area contributed by atoms with Gasteiger partial charge in [0.1, 0.15) is 0 Å². The summed E-state index contributed by atoms with van der Waals surface area (Å²) in [6.45, 7) is 1.97. The van der Waals surface area contributed by atoms with Crippen molar-refractivity contribution in [1.82, 2.24) is 4.98 Å². The second-order valence-corrected chi connectivity index (χ2v) is 3.95. The highest BCUT2D eigenvalue weighted by Crippen LogP contribution is 2.28. The summed E-state index contributed by atoms with van der Waals surface area (Å²) in [5, 5.41) is 1.81. The van der Waals surface area contributed by atoms with Crippen molar-refractivity contribution in [3.63, 3.8) is 0 Å². The average molecular weight is 227 g/mol. The second kappa shape index (κ2) is 3.30. The van der Waals surface area contributed by atoms with Gasteiger partial charge in [0.05, 0.1) is 16.2 Å². The number of aryl methyl sites for hydroxylation is 1. The van der Waals surface area contributed by atoms with Crippen LogP contribution < -0.4 is 5.73 Å². The molecule has 0 amide bonds. The smallest absolute Gasteiger partial charge is 0.152 e. The number of anilines is 1. The third-order valence-corrected chi connectivity index (χ3v) is 2.59. The van der Waals surface area contributed by atoms with Gasteiger partial charge in [-0.05, 0) is 30.7 Å². The number of benzene rings is 1. The monoisotopic (exact) mass is 226 g/mol. The van der Waals surface area contributed by atoms with Crippen molar-refractivity contribution in [2.75, 3.05) is 5.73 Å². The maximum Gasteiger partial charge on any atom is 0.152 e. The first-order valence-corrected chi connectivity index (χ1v) is 4.85. The van der Waals surface area contributed by atoms with Crippen LogP contribution in [0.5, 0.6) is 0 Å². The lowest BCUT2D eigenvalue weighted by atomic mass is 10.1. The van der Waals surface area contributed by atoms with Gasteiger partial charge in [-0.2, -0.15) is 0 Å². The molecule has 1 aromatic heterocycles. The maximum absolute atomic E-state index is 6.02. The highest BCUT2D eigenvalue weighted by Gasteiger charge is 2.05. The first kappa shape index (κ1) is 9.56. The molecule has 0 aliphatic rings. The Hall–Kier alpha value is -0.990. The summed E-state index contributed by atoms with van der Waals surface area (Å²) in [4.78, 5) is 4.12. The van der Waals surface area contributed by atoms with Gasteiger partial charge >= 0.3 is 0 Å². The molecule has 4 heteroatoms. The molecule has 2 aromatic rings. The summed E-state index contributed by atoms with van der Waals surface area (Å²) >= 11 is 11.8. The van der Waals surface area contributed by atoms with Gasteiger partial charge in [0.2, 0.25) is 0 Å². The van der Waals surface area contributed by atoms with Gasteiger partial charge in [-0.15, -0.1) is 0 Å². The quantitative estimate of drug-likeness (QED) is 0.700. The molecule has 0 spiro atoms. The minimum Gasteiger partial charge on any atom is -0.396 e. The number of aromatic nitrogens is 1. The van der Waals surface area contributed by atoms with Gasteiger partial charge in [0, 0.05) is 5.39 Å². The number of nitrogens with zero attached hydrogens (tertiary/aromatic N) is 1. The molecule has 72 valence electrons. The molecule has 0 atom stereocenters. The minimum atomic E-state index is 0.295. The second-order valence-electron chi connectivity index (χ2n) is 3.19. The van der Waals surface area contributed by atoms with Crippen LogP contribution in [0, 0.1) is 6.92 Å². The summed E-state index contributed by atoms with van der Waals surface area (Å²) in [5.74, 6) is 0. The fourth-order valence-corrected chi connectivity index (χ4v) is 1.84. The lowest BCUT2D eigenvalue weighted by molar-refractivity contribution is 1.39. The molecule has 0 fully saturated rings. The fraction of sp³-hybridized carbons (Fsp3) is 0.100. The zero-order valence-electron chi connectivity index (χ0n) is 7.51. The number of rotatable bonds is 0. The summed E-state index contributed by atoms with van der Waals surface area (Å²) in [7, 11) is 0. The van der Waals surface area contributed by atoms with Gasteiger partial charge in [-0.25, -0.2) is 4.98 Å². The van der Waals surface area contributed by atoms with E-state index in [0.717, 1.165) is 10.9 Å². The standard InChI is InChI=1S/C10H8Cl2N2/c1-5-2-6-4-8(13)10(12)14-9(6)7(11)3-5/h2-4H,13H2,1H3. The van der Waals surface area contributed by atoms with E-state index in [1.54, 1.807) is 6.07 Å². The highest BCUT2D eigenvalue weighted by molar-refractivity contribution is 6.36. The van der Waals surface area contributed by atoms with E-state index >= 15 is 0 Å². The molecule has 1 heterocycles.